The maximum atomic E-state index is 13.0. The number of alkyl halides is 2. The molecule has 8 nitrogen and oxygen atoms in total. The molecule has 10 heteroatoms. The van der Waals surface area contributed by atoms with Crippen LogP contribution in [0, 0.1) is 11.8 Å². The van der Waals surface area contributed by atoms with Crippen LogP contribution in [-0.2, 0) is 18.9 Å². The van der Waals surface area contributed by atoms with Crippen LogP contribution in [0.4, 0.5) is 13.6 Å². The molecule has 0 aromatic rings. The number of hydrogen-bond donors (Lipinski definition) is 0. The molecule has 0 aromatic carbocycles. The van der Waals surface area contributed by atoms with E-state index in [-0.39, 0.29) is 48.1 Å². The second-order valence-electron chi connectivity index (χ2n) is 12.4. The standard InChI is InChI=1S/C28H45F2N3O5/c1-19(2)5-6-22-27(3,38-22)25-24(35-4)21(7-9-28(25)18-36-28)37-26(34)33-15-20(16-33)8-10-31-11-13-32(14-12-31)17-23(29)30/h5,20-25H,6-18H2,1-4H3/t21?,22-,24?,25?,27+,28?/m1/s1. The molecule has 5 aliphatic rings. The SMILES string of the molecule is COC1C(OC(=O)N2CC(CCN3CCN(CC(F)F)CC3)C2)CCC2(CO2)C1[C@@]1(C)O[C@@H]1CC=C(C)C. The second kappa shape index (κ2) is 11.3. The van der Waals surface area contributed by atoms with Crippen LogP contribution in [0.15, 0.2) is 11.6 Å². The molecular weight excluding hydrogens is 496 g/mol. The minimum Gasteiger partial charge on any atom is -0.443 e. The zero-order valence-corrected chi connectivity index (χ0v) is 23.4. The van der Waals surface area contributed by atoms with Crippen LogP contribution in [0.1, 0.15) is 46.5 Å². The number of epoxide rings is 2. The first-order valence-corrected chi connectivity index (χ1v) is 14.3. The minimum atomic E-state index is -2.27. The maximum Gasteiger partial charge on any atom is 0.410 e. The summed E-state index contributed by atoms with van der Waals surface area (Å²) in [5, 5.41) is 0. The minimum absolute atomic E-state index is 0.0208. The molecule has 6 atom stereocenters. The number of hydrogen-bond acceptors (Lipinski definition) is 7. The summed E-state index contributed by atoms with van der Waals surface area (Å²) >= 11 is 0. The topological polar surface area (TPSA) is 70.3 Å². The molecule has 216 valence electrons. The Labute approximate surface area is 225 Å². The third-order valence-corrected chi connectivity index (χ3v) is 9.42. The molecule has 1 spiro atoms. The number of likely N-dealkylation sites (tertiary alicyclic amines) is 1. The van der Waals surface area contributed by atoms with Crippen molar-refractivity contribution in [3.05, 3.63) is 11.6 Å². The number of rotatable bonds is 10. The molecule has 38 heavy (non-hydrogen) atoms. The Bertz CT molecular complexity index is 869. The number of carbonyl (C=O) groups is 1. The lowest BCUT2D eigenvalue weighted by Crippen LogP contribution is -2.57. The number of nitrogens with zero attached hydrogens (tertiary/aromatic N) is 3. The Morgan fingerprint density at radius 1 is 1.16 bits per heavy atom. The van der Waals surface area contributed by atoms with Crippen LogP contribution in [-0.4, -0.2) is 123 Å². The summed E-state index contributed by atoms with van der Waals surface area (Å²) < 4.78 is 49.5. The van der Waals surface area contributed by atoms with Crippen molar-refractivity contribution in [2.45, 2.75) is 82.4 Å². The molecule has 1 aliphatic carbocycles. The fraction of sp³-hybridized carbons (Fsp3) is 0.893. The van der Waals surface area contributed by atoms with Crippen molar-refractivity contribution < 1.29 is 32.5 Å². The van der Waals surface area contributed by atoms with E-state index in [1.54, 1.807) is 12.0 Å². The molecule has 0 N–H and O–H groups in total. The number of piperazine rings is 1. The highest BCUT2D eigenvalue weighted by Crippen LogP contribution is 2.59. The zero-order chi connectivity index (χ0) is 27.1. The number of ether oxygens (including phenoxy) is 4. The van der Waals surface area contributed by atoms with Crippen molar-refractivity contribution in [3.63, 3.8) is 0 Å². The van der Waals surface area contributed by atoms with E-state index in [0.29, 0.717) is 38.7 Å². The van der Waals surface area contributed by atoms with Gasteiger partial charge in [0, 0.05) is 46.4 Å². The van der Waals surface area contributed by atoms with Crippen molar-refractivity contribution in [1.82, 2.24) is 14.7 Å². The summed E-state index contributed by atoms with van der Waals surface area (Å²) in [6.07, 6.45) is 2.67. The lowest BCUT2D eigenvalue weighted by atomic mass is 9.68. The van der Waals surface area contributed by atoms with E-state index in [1.165, 1.54) is 5.57 Å². The van der Waals surface area contributed by atoms with E-state index in [0.717, 1.165) is 45.3 Å². The first-order valence-electron chi connectivity index (χ1n) is 14.3. The van der Waals surface area contributed by atoms with Gasteiger partial charge in [-0.25, -0.2) is 13.6 Å². The Balaban J connectivity index is 1.07. The van der Waals surface area contributed by atoms with Crippen LogP contribution in [0.25, 0.3) is 0 Å². The molecule has 5 rings (SSSR count). The summed E-state index contributed by atoms with van der Waals surface area (Å²) in [5.74, 6) is 0.476. The lowest BCUT2D eigenvalue weighted by molar-refractivity contribution is -0.124. The molecule has 0 aromatic heterocycles. The van der Waals surface area contributed by atoms with Crippen LogP contribution < -0.4 is 0 Å². The van der Waals surface area contributed by atoms with Gasteiger partial charge in [-0.2, -0.15) is 0 Å². The first kappa shape index (κ1) is 28.2. The van der Waals surface area contributed by atoms with Gasteiger partial charge in [0.1, 0.15) is 23.4 Å². The largest absolute Gasteiger partial charge is 0.443 e. The third-order valence-electron chi connectivity index (χ3n) is 9.42. The molecule has 1 amide bonds. The molecule has 0 bridgehead atoms. The van der Waals surface area contributed by atoms with Crippen molar-refractivity contribution in [2.24, 2.45) is 11.8 Å². The average Bonchev–Trinajstić information content (AvgIpc) is 3.75. The van der Waals surface area contributed by atoms with Gasteiger partial charge >= 0.3 is 6.09 Å². The summed E-state index contributed by atoms with van der Waals surface area (Å²) in [5.41, 5.74) is 0.700. The Kier molecular flexibility index (Phi) is 8.37. The van der Waals surface area contributed by atoms with Crippen molar-refractivity contribution in [2.75, 3.05) is 66.1 Å². The number of carbonyl (C=O) groups excluding carboxylic acids is 1. The van der Waals surface area contributed by atoms with Gasteiger partial charge in [0.15, 0.2) is 0 Å². The monoisotopic (exact) mass is 541 g/mol. The van der Waals surface area contributed by atoms with E-state index < -0.39 is 6.43 Å². The van der Waals surface area contributed by atoms with Gasteiger partial charge in [0.05, 0.1) is 25.2 Å². The number of methoxy groups -OCH3 is 1. The molecule has 4 saturated heterocycles. The smallest absolute Gasteiger partial charge is 0.410 e. The Morgan fingerprint density at radius 2 is 1.84 bits per heavy atom. The van der Waals surface area contributed by atoms with Gasteiger partial charge in [0.2, 0.25) is 0 Å². The van der Waals surface area contributed by atoms with Crippen molar-refractivity contribution in [1.29, 1.82) is 0 Å². The zero-order valence-electron chi connectivity index (χ0n) is 23.4. The van der Waals surface area contributed by atoms with Gasteiger partial charge in [0.25, 0.3) is 6.43 Å². The predicted molar refractivity (Wildman–Crippen MR) is 138 cm³/mol. The molecule has 1 saturated carbocycles. The van der Waals surface area contributed by atoms with Gasteiger partial charge in [-0.3, -0.25) is 4.90 Å². The van der Waals surface area contributed by atoms with Gasteiger partial charge in [-0.05, 0) is 58.9 Å². The number of amides is 1. The third kappa shape index (κ3) is 6.04. The van der Waals surface area contributed by atoms with E-state index in [2.05, 4.69) is 31.7 Å². The highest BCUT2D eigenvalue weighted by molar-refractivity contribution is 5.69. The molecule has 4 heterocycles. The highest BCUT2D eigenvalue weighted by atomic mass is 19.3. The second-order valence-corrected chi connectivity index (χ2v) is 12.4. The normalized spacial score (nSPS) is 37.8. The van der Waals surface area contributed by atoms with Gasteiger partial charge < -0.3 is 28.7 Å². The Morgan fingerprint density at radius 3 is 2.45 bits per heavy atom. The fourth-order valence-electron chi connectivity index (χ4n) is 6.93. The quantitative estimate of drug-likeness (QED) is 0.310. The highest BCUT2D eigenvalue weighted by Gasteiger charge is 2.72. The van der Waals surface area contributed by atoms with Gasteiger partial charge in [-0.1, -0.05) is 11.6 Å². The van der Waals surface area contributed by atoms with E-state index >= 15 is 0 Å². The molecule has 0 radical (unpaired) electrons. The average molecular weight is 542 g/mol. The number of halogens is 2. The van der Waals surface area contributed by atoms with E-state index in [1.807, 2.05) is 4.90 Å². The number of allylic oxidation sites excluding steroid dienone is 1. The molecule has 5 fully saturated rings. The molecule has 4 unspecified atom stereocenters. The van der Waals surface area contributed by atoms with Crippen LogP contribution >= 0.6 is 0 Å². The summed E-state index contributed by atoms with van der Waals surface area (Å²) in [7, 11) is 1.70. The van der Waals surface area contributed by atoms with Crippen LogP contribution in [0.5, 0.6) is 0 Å². The lowest BCUT2D eigenvalue weighted by Gasteiger charge is -2.45. The summed E-state index contributed by atoms with van der Waals surface area (Å²) in [4.78, 5) is 19.0. The fourth-order valence-corrected chi connectivity index (χ4v) is 6.93. The van der Waals surface area contributed by atoms with Gasteiger partial charge in [-0.15, -0.1) is 0 Å². The van der Waals surface area contributed by atoms with Crippen LogP contribution in [0.2, 0.25) is 0 Å². The van der Waals surface area contributed by atoms with E-state index in [9.17, 15) is 13.6 Å². The van der Waals surface area contributed by atoms with Crippen LogP contribution in [0.3, 0.4) is 0 Å². The van der Waals surface area contributed by atoms with E-state index in [4.69, 9.17) is 18.9 Å². The molecule has 4 aliphatic heterocycles. The summed E-state index contributed by atoms with van der Waals surface area (Å²) in [6, 6.07) is 0. The molecular formula is C28H45F2N3O5. The Hall–Kier alpha value is -1.33. The predicted octanol–water partition coefficient (Wildman–Crippen LogP) is 3.40. The first-order chi connectivity index (χ1) is 18.1. The summed E-state index contributed by atoms with van der Waals surface area (Å²) in [6.45, 7) is 12.3. The van der Waals surface area contributed by atoms with Crippen molar-refractivity contribution >= 4 is 6.09 Å². The maximum absolute atomic E-state index is 13.0. The van der Waals surface area contributed by atoms with Crippen molar-refractivity contribution in [3.8, 4) is 0 Å².